The minimum absolute atomic E-state index is 0. The highest BCUT2D eigenvalue weighted by Gasteiger charge is 2.13. The van der Waals surface area contributed by atoms with Crippen LogP contribution in [0.5, 0.6) is 5.75 Å². The Hall–Kier alpha value is -2.10. The van der Waals surface area contributed by atoms with Crippen molar-refractivity contribution in [3.63, 3.8) is 0 Å². The average Bonchev–Trinajstić information content (AvgIpc) is 3.03. The minimum Gasteiger partial charge on any atom is -1.00 e. The molecular formula is C17H21IN2O5. The summed E-state index contributed by atoms with van der Waals surface area (Å²) in [5.74, 6) is 0.207. The first kappa shape index (κ1) is 20.9. The molecule has 0 atom stereocenters. The van der Waals surface area contributed by atoms with E-state index in [0.29, 0.717) is 25.5 Å². The maximum Gasteiger partial charge on any atom is 0.511 e. The molecule has 25 heavy (non-hydrogen) atoms. The Morgan fingerprint density at radius 2 is 1.76 bits per heavy atom. The highest BCUT2D eigenvalue weighted by molar-refractivity contribution is 5.71. The summed E-state index contributed by atoms with van der Waals surface area (Å²) in [4.78, 5) is 22.8. The highest BCUT2D eigenvalue weighted by Crippen LogP contribution is 2.13. The number of halogens is 1. The first-order chi connectivity index (χ1) is 11.6. The number of aromatic nitrogens is 2. The molecule has 0 radical (unpaired) electrons. The summed E-state index contributed by atoms with van der Waals surface area (Å²) < 4.78 is 18.3. The standard InChI is InChI=1S/C17H21N2O5.HI/c1-3-22-16(20)12-24-15-7-5-14(6-8-15)11-18-9-10-19(13-18)17(21)23-4-2;/h5-10,13H,3-4,11-12H2,1-2H3;1H/q+1;/p-1. The van der Waals surface area contributed by atoms with Gasteiger partial charge in [0.25, 0.3) is 6.33 Å². The molecule has 0 saturated heterocycles. The molecule has 8 heteroatoms. The van der Waals surface area contributed by atoms with Crippen molar-refractivity contribution in [2.75, 3.05) is 19.8 Å². The number of hydrogen-bond acceptors (Lipinski definition) is 5. The lowest BCUT2D eigenvalue weighted by Crippen LogP contribution is -3.00. The molecule has 0 aliphatic carbocycles. The van der Waals surface area contributed by atoms with Gasteiger partial charge in [0.15, 0.2) is 6.61 Å². The second-order valence-electron chi connectivity index (χ2n) is 4.93. The Labute approximate surface area is 163 Å². The van der Waals surface area contributed by atoms with Gasteiger partial charge in [-0.15, -0.1) is 4.57 Å². The molecule has 2 rings (SSSR count). The van der Waals surface area contributed by atoms with E-state index in [2.05, 4.69) is 0 Å². The fourth-order valence-electron chi connectivity index (χ4n) is 2.04. The number of benzene rings is 1. The highest BCUT2D eigenvalue weighted by atomic mass is 127. The number of esters is 1. The van der Waals surface area contributed by atoms with Crippen molar-refractivity contribution < 1.29 is 52.3 Å². The van der Waals surface area contributed by atoms with Crippen molar-refractivity contribution >= 4 is 12.1 Å². The number of nitrogens with zero attached hydrogens (tertiary/aromatic N) is 2. The van der Waals surface area contributed by atoms with Crippen LogP contribution in [0.2, 0.25) is 0 Å². The maximum atomic E-state index is 11.6. The smallest absolute Gasteiger partial charge is 0.511 e. The molecule has 0 spiro atoms. The molecule has 0 saturated carbocycles. The summed E-state index contributed by atoms with van der Waals surface area (Å²) >= 11 is 0. The molecule has 136 valence electrons. The molecule has 7 nitrogen and oxygen atoms in total. The van der Waals surface area contributed by atoms with Crippen LogP contribution in [-0.4, -0.2) is 36.5 Å². The zero-order chi connectivity index (χ0) is 17.4. The van der Waals surface area contributed by atoms with Crippen molar-refractivity contribution in [1.82, 2.24) is 4.57 Å². The van der Waals surface area contributed by atoms with Gasteiger partial charge in [-0.25, -0.2) is 9.36 Å². The zero-order valence-electron chi connectivity index (χ0n) is 14.2. The molecular weight excluding hydrogens is 439 g/mol. The molecule has 2 aromatic rings. The molecule has 1 heterocycles. The zero-order valence-corrected chi connectivity index (χ0v) is 16.3. The number of imidazole rings is 1. The number of carbonyl (C=O) groups excluding carboxylic acids is 2. The lowest BCUT2D eigenvalue weighted by atomic mass is 10.2. The van der Waals surface area contributed by atoms with Crippen LogP contribution in [0.4, 0.5) is 4.79 Å². The van der Waals surface area contributed by atoms with Crippen LogP contribution in [0.15, 0.2) is 43.0 Å². The molecule has 0 aliphatic rings. The molecule has 0 amide bonds. The van der Waals surface area contributed by atoms with Gasteiger partial charge >= 0.3 is 12.1 Å². The van der Waals surface area contributed by atoms with Crippen LogP contribution in [0.3, 0.4) is 0 Å². The van der Waals surface area contributed by atoms with Gasteiger partial charge in [0.05, 0.1) is 13.2 Å². The lowest BCUT2D eigenvalue weighted by molar-refractivity contribution is -0.585. The van der Waals surface area contributed by atoms with Crippen LogP contribution >= 0.6 is 0 Å². The van der Waals surface area contributed by atoms with E-state index < -0.39 is 12.1 Å². The quantitative estimate of drug-likeness (QED) is 0.294. The fraction of sp³-hybridized carbons (Fsp3) is 0.353. The van der Waals surface area contributed by atoms with Gasteiger partial charge in [0, 0.05) is 0 Å². The van der Waals surface area contributed by atoms with E-state index in [1.54, 1.807) is 44.7 Å². The Kier molecular flexibility index (Phi) is 8.96. The molecule has 0 fully saturated rings. The summed E-state index contributed by atoms with van der Waals surface area (Å²) in [6.45, 7) is 4.68. The third-order valence-electron chi connectivity index (χ3n) is 3.12. The van der Waals surface area contributed by atoms with Crippen molar-refractivity contribution in [3.8, 4) is 5.75 Å². The van der Waals surface area contributed by atoms with Gasteiger partial charge in [-0.05, 0) is 31.5 Å². The second kappa shape index (κ2) is 10.7. The Bertz CT molecular complexity index is 685. The van der Waals surface area contributed by atoms with Crippen LogP contribution in [0.1, 0.15) is 19.4 Å². The van der Waals surface area contributed by atoms with Gasteiger partial charge in [0.2, 0.25) is 0 Å². The van der Waals surface area contributed by atoms with Crippen molar-refractivity contribution in [3.05, 3.63) is 48.5 Å². The van der Waals surface area contributed by atoms with Gasteiger partial charge in [-0.1, -0.05) is 12.1 Å². The lowest BCUT2D eigenvalue weighted by Gasteiger charge is -2.06. The van der Waals surface area contributed by atoms with Gasteiger partial charge in [-0.3, -0.25) is 0 Å². The average molecular weight is 460 g/mol. The minimum atomic E-state index is -0.404. The van der Waals surface area contributed by atoms with Crippen LogP contribution in [0, 0.1) is 0 Å². The van der Waals surface area contributed by atoms with E-state index in [1.165, 1.54) is 4.57 Å². The second-order valence-corrected chi connectivity index (χ2v) is 4.93. The summed E-state index contributed by atoms with van der Waals surface area (Å²) in [6.07, 6.45) is 4.71. The Balaban J connectivity index is 0.00000312. The molecule has 1 aromatic heterocycles. The monoisotopic (exact) mass is 460 g/mol. The Morgan fingerprint density at radius 3 is 2.40 bits per heavy atom. The number of hydrogen-bond donors (Lipinski definition) is 0. The van der Waals surface area contributed by atoms with Gasteiger partial charge < -0.3 is 38.2 Å². The normalized spacial score (nSPS) is 9.84. The summed E-state index contributed by atoms with van der Waals surface area (Å²) in [7, 11) is 0. The summed E-state index contributed by atoms with van der Waals surface area (Å²) in [5, 5.41) is 0. The third-order valence-corrected chi connectivity index (χ3v) is 3.12. The van der Waals surface area contributed by atoms with Crippen molar-refractivity contribution in [1.29, 1.82) is 0 Å². The predicted octanol–water partition coefficient (Wildman–Crippen LogP) is -1.23. The topological polar surface area (TPSA) is 70.6 Å². The molecule has 0 bridgehead atoms. The van der Waals surface area contributed by atoms with E-state index in [9.17, 15) is 9.59 Å². The van der Waals surface area contributed by atoms with Gasteiger partial charge in [-0.2, -0.15) is 4.79 Å². The number of carbonyl (C=O) groups is 2. The Morgan fingerprint density at radius 1 is 1.08 bits per heavy atom. The molecule has 0 unspecified atom stereocenters. The maximum absolute atomic E-state index is 11.6. The molecule has 0 aliphatic heterocycles. The van der Waals surface area contributed by atoms with E-state index in [1.807, 2.05) is 16.7 Å². The number of rotatable bonds is 7. The fourth-order valence-corrected chi connectivity index (χ4v) is 2.04. The third kappa shape index (κ3) is 6.73. The SMILES string of the molecule is CCOC(=O)COc1ccc(Cn2cc[n+](C(=O)OCC)c2)cc1.[I-]. The largest absolute Gasteiger partial charge is 1.00 e. The van der Waals surface area contributed by atoms with E-state index >= 15 is 0 Å². The summed E-state index contributed by atoms with van der Waals surface area (Å²) in [5.41, 5.74) is 1.03. The molecule has 0 N–H and O–H groups in total. The number of ether oxygens (including phenoxy) is 3. The molecule has 1 aromatic carbocycles. The first-order valence-electron chi connectivity index (χ1n) is 7.74. The van der Waals surface area contributed by atoms with Crippen LogP contribution in [0.25, 0.3) is 0 Å². The van der Waals surface area contributed by atoms with Crippen molar-refractivity contribution in [2.24, 2.45) is 0 Å². The summed E-state index contributed by atoms with van der Waals surface area (Å²) in [6, 6.07) is 7.37. The van der Waals surface area contributed by atoms with E-state index in [-0.39, 0.29) is 30.6 Å². The van der Waals surface area contributed by atoms with Gasteiger partial charge in [0.1, 0.15) is 24.7 Å². The van der Waals surface area contributed by atoms with E-state index in [4.69, 9.17) is 14.2 Å². The van der Waals surface area contributed by atoms with Crippen LogP contribution < -0.4 is 33.3 Å². The van der Waals surface area contributed by atoms with Crippen LogP contribution in [-0.2, 0) is 20.8 Å². The first-order valence-corrected chi connectivity index (χ1v) is 7.74. The predicted molar refractivity (Wildman–Crippen MR) is 84.7 cm³/mol. The van der Waals surface area contributed by atoms with E-state index in [0.717, 1.165) is 5.56 Å². The van der Waals surface area contributed by atoms with Crippen molar-refractivity contribution in [2.45, 2.75) is 20.4 Å².